The zero-order chi connectivity index (χ0) is 13.2. The first-order chi connectivity index (χ1) is 9.24. The standard InChI is InChI=1S/C16H13ClO2/c17-15-4-2-1-3-12(15)10-19-13-6-7-14-11(9-13)5-8-16(14)18/h1-4,6-7,9H,5,8,10H2. The Balaban J connectivity index is 1.75. The van der Waals surface area contributed by atoms with E-state index < -0.39 is 0 Å². The molecule has 2 nitrogen and oxygen atoms in total. The first-order valence-corrected chi connectivity index (χ1v) is 6.64. The Kier molecular flexibility index (Phi) is 3.26. The topological polar surface area (TPSA) is 26.3 Å². The number of Topliss-reactive ketones (excluding diaryl/α,β-unsaturated/α-hetero) is 1. The van der Waals surface area contributed by atoms with Gasteiger partial charge in [0.1, 0.15) is 12.4 Å². The van der Waals surface area contributed by atoms with E-state index in [1.807, 2.05) is 42.5 Å². The molecule has 19 heavy (non-hydrogen) atoms. The molecular formula is C16H13ClO2. The van der Waals surface area contributed by atoms with Crippen LogP contribution in [-0.2, 0) is 13.0 Å². The predicted octanol–water partition coefficient (Wildman–Crippen LogP) is 4.05. The van der Waals surface area contributed by atoms with Crippen LogP contribution in [0.15, 0.2) is 42.5 Å². The minimum absolute atomic E-state index is 0.229. The third kappa shape index (κ3) is 2.49. The van der Waals surface area contributed by atoms with E-state index in [9.17, 15) is 4.79 Å². The number of hydrogen-bond donors (Lipinski definition) is 0. The highest BCUT2D eigenvalue weighted by atomic mass is 35.5. The average molecular weight is 273 g/mol. The molecule has 0 aliphatic heterocycles. The molecule has 0 N–H and O–H groups in total. The first-order valence-electron chi connectivity index (χ1n) is 6.26. The van der Waals surface area contributed by atoms with Crippen LogP contribution in [-0.4, -0.2) is 5.78 Å². The fraction of sp³-hybridized carbons (Fsp3) is 0.188. The number of ketones is 1. The van der Waals surface area contributed by atoms with Gasteiger partial charge in [-0.05, 0) is 36.2 Å². The van der Waals surface area contributed by atoms with Gasteiger partial charge in [-0.15, -0.1) is 0 Å². The zero-order valence-corrected chi connectivity index (χ0v) is 11.1. The lowest BCUT2D eigenvalue weighted by molar-refractivity contribution is 0.0994. The van der Waals surface area contributed by atoms with E-state index >= 15 is 0 Å². The number of benzene rings is 2. The molecule has 1 aliphatic rings. The number of fused-ring (bicyclic) bond motifs is 1. The van der Waals surface area contributed by atoms with Gasteiger partial charge in [0.2, 0.25) is 0 Å². The third-order valence-electron chi connectivity index (χ3n) is 3.35. The molecule has 0 bridgehead atoms. The summed E-state index contributed by atoms with van der Waals surface area (Å²) in [6.07, 6.45) is 1.43. The first kappa shape index (κ1) is 12.2. The molecule has 0 heterocycles. The molecule has 2 aromatic carbocycles. The summed E-state index contributed by atoms with van der Waals surface area (Å²) in [5.74, 6) is 1.01. The van der Waals surface area contributed by atoms with Crippen molar-refractivity contribution in [2.75, 3.05) is 0 Å². The summed E-state index contributed by atoms with van der Waals surface area (Å²) in [5, 5.41) is 0.707. The van der Waals surface area contributed by atoms with Crippen molar-refractivity contribution in [3.8, 4) is 5.75 Å². The van der Waals surface area contributed by atoms with Gasteiger partial charge in [-0.3, -0.25) is 4.79 Å². The fourth-order valence-corrected chi connectivity index (χ4v) is 2.49. The van der Waals surface area contributed by atoms with Crippen LogP contribution in [0.1, 0.15) is 27.9 Å². The van der Waals surface area contributed by atoms with Gasteiger partial charge in [0.25, 0.3) is 0 Å². The quantitative estimate of drug-likeness (QED) is 0.843. The van der Waals surface area contributed by atoms with Crippen molar-refractivity contribution in [3.05, 3.63) is 64.2 Å². The van der Waals surface area contributed by atoms with Crippen LogP contribution in [0.3, 0.4) is 0 Å². The number of hydrogen-bond acceptors (Lipinski definition) is 2. The van der Waals surface area contributed by atoms with Crippen LogP contribution < -0.4 is 4.74 Å². The molecule has 2 aromatic rings. The second-order valence-corrected chi connectivity index (χ2v) is 5.03. The molecule has 0 aromatic heterocycles. The minimum atomic E-state index is 0.229. The van der Waals surface area contributed by atoms with Gasteiger partial charge >= 0.3 is 0 Å². The number of rotatable bonds is 3. The molecule has 3 heteroatoms. The van der Waals surface area contributed by atoms with Gasteiger partial charge in [0.05, 0.1) is 0 Å². The van der Waals surface area contributed by atoms with Gasteiger partial charge in [-0.25, -0.2) is 0 Å². The summed E-state index contributed by atoms with van der Waals surface area (Å²) in [7, 11) is 0. The Morgan fingerprint density at radius 1 is 1.11 bits per heavy atom. The number of aryl methyl sites for hydroxylation is 1. The van der Waals surface area contributed by atoms with Crippen LogP contribution in [0.2, 0.25) is 5.02 Å². The summed E-state index contributed by atoms with van der Waals surface area (Å²) in [6.45, 7) is 0.437. The fourth-order valence-electron chi connectivity index (χ4n) is 2.30. The lowest BCUT2D eigenvalue weighted by Crippen LogP contribution is -1.97. The Morgan fingerprint density at radius 3 is 2.79 bits per heavy atom. The Bertz CT molecular complexity index is 634. The second-order valence-electron chi connectivity index (χ2n) is 4.62. The van der Waals surface area contributed by atoms with Crippen molar-refractivity contribution in [2.45, 2.75) is 19.4 Å². The van der Waals surface area contributed by atoms with E-state index in [1.165, 1.54) is 0 Å². The normalized spacial score (nSPS) is 13.4. The lowest BCUT2D eigenvalue weighted by atomic mass is 10.1. The van der Waals surface area contributed by atoms with Crippen molar-refractivity contribution in [1.82, 2.24) is 0 Å². The maximum absolute atomic E-state index is 11.5. The Morgan fingerprint density at radius 2 is 1.95 bits per heavy atom. The highest BCUT2D eigenvalue weighted by Gasteiger charge is 2.19. The van der Waals surface area contributed by atoms with Crippen LogP contribution in [0.25, 0.3) is 0 Å². The molecule has 96 valence electrons. The third-order valence-corrected chi connectivity index (χ3v) is 3.72. The predicted molar refractivity (Wildman–Crippen MR) is 74.9 cm³/mol. The van der Waals surface area contributed by atoms with Gasteiger partial charge in [0, 0.05) is 22.6 Å². The number of halogens is 1. The molecule has 3 rings (SSSR count). The molecular weight excluding hydrogens is 260 g/mol. The summed E-state index contributed by atoms with van der Waals surface area (Å²) in [4.78, 5) is 11.5. The molecule has 0 spiro atoms. The molecule has 0 unspecified atom stereocenters. The zero-order valence-electron chi connectivity index (χ0n) is 10.4. The van der Waals surface area contributed by atoms with Crippen molar-refractivity contribution in [3.63, 3.8) is 0 Å². The highest BCUT2D eigenvalue weighted by Crippen LogP contribution is 2.27. The number of carbonyl (C=O) groups is 1. The summed E-state index contributed by atoms with van der Waals surface area (Å²) in [6, 6.07) is 13.3. The highest BCUT2D eigenvalue weighted by molar-refractivity contribution is 6.31. The Labute approximate surface area is 117 Å². The molecule has 1 aliphatic carbocycles. The van der Waals surface area contributed by atoms with E-state index in [2.05, 4.69) is 0 Å². The van der Waals surface area contributed by atoms with Crippen LogP contribution >= 0.6 is 11.6 Å². The lowest BCUT2D eigenvalue weighted by Gasteiger charge is -2.09. The largest absolute Gasteiger partial charge is 0.489 e. The van der Waals surface area contributed by atoms with E-state index in [1.54, 1.807) is 0 Å². The van der Waals surface area contributed by atoms with Gasteiger partial charge in [0.15, 0.2) is 5.78 Å². The summed E-state index contributed by atoms with van der Waals surface area (Å²) >= 11 is 6.08. The maximum Gasteiger partial charge on any atom is 0.163 e. The molecule has 0 saturated heterocycles. The maximum atomic E-state index is 11.5. The molecule has 0 radical (unpaired) electrons. The molecule has 0 fully saturated rings. The smallest absolute Gasteiger partial charge is 0.163 e. The molecule has 0 saturated carbocycles. The van der Waals surface area contributed by atoms with Crippen molar-refractivity contribution < 1.29 is 9.53 Å². The van der Waals surface area contributed by atoms with Gasteiger partial charge in [-0.1, -0.05) is 29.8 Å². The molecule has 0 amide bonds. The monoisotopic (exact) mass is 272 g/mol. The second kappa shape index (κ2) is 5.06. The minimum Gasteiger partial charge on any atom is -0.489 e. The summed E-state index contributed by atoms with van der Waals surface area (Å²) < 4.78 is 5.74. The average Bonchev–Trinajstić information content (AvgIpc) is 2.79. The van der Waals surface area contributed by atoms with Crippen LogP contribution in [0.4, 0.5) is 0 Å². The number of carbonyl (C=O) groups excluding carboxylic acids is 1. The number of ether oxygens (including phenoxy) is 1. The SMILES string of the molecule is O=C1CCc2cc(OCc3ccccc3Cl)ccc21. The van der Waals surface area contributed by atoms with Crippen molar-refractivity contribution in [2.24, 2.45) is 0 Å². The van der Waals surface area contributed by atoms with E-state index in [0.29, 0.717) is 18.1 Å². The van der Waals surface area contributed by atoms with Gasteiger partial charge in [-0.2, -0.15) is 0 Å². The van der Waals surface area contributed by atoms with Crippen molar-refractivity contribution in [1.29, 1.82) is 0 Å². The van der Waals surface area contributed by atoms with Gasteiger partial charge < -0.3 is 4.74 Å². The Hall–Kier alpha value is -1.80. The van der Waals surface area contributed by atoms with Crippen LogP contribution in [0, 0.1) is 0 Å². The molecule has 0 atom stereocenters. The van der Waals surface area contributed by atoms with E-state index in [-0.39, 0.29) is 5.78 Å². The van der Waals surface area contributed by atoms with E-state index in [4.69, 9.17) is 16.3 Å². The van der Waals surface area contributed by atoms with E-state index in [0.717, 1.165) is 28.9 Å². The van der Waals surface area contributed by atoms with Crippen molar-refractivity contribution >= 4 is 17.4 Å². The summed E-state index contributed by atoms with van der Waals surface area (Å²) in [5.41, 5.74) is 2.88. The van der Waals surface area contributed by atoms with Crippen LogP contribution in [0.5, 0.6) is 5.75 Å².